The molecule has 1 aromatic carbocycles. The second-order valence-electron chi connectivity index (χ2n) is 11.1. The summed E-state index contributed by atoms with van der Waals surface area (Å²) in [5.74, 6) is 1.39. The molecule has 3 atom stereocenters. The molecule has 2 saturated heterocycles. The number of fused-ring (bicyclic) bond motifs is 3. The van der Waals surface area contributed by atoms with Crippen LogP contribution in [0.4, 0.5) is 9.18 Å². The van der Waals surface area contributed by atoms with Crippen molar-refractivity contribution < 1.29 is 23.8 Å². The molecule has 8 heteroatoms. The Kier molecular flexibility index (Phi) is 7.07. The number of methoxy groups -OCH3 is 2. The molecule has 7 nitrogen and oxygen atoms in total. The lowest BCUT2D eigenvalue weighted by atomic mass is 9.81. The number of allylic oxidation sites excluding steroid dienone is 4. The van der Waals surface area contributed by atoms with Gasteiger partial charge in [-0.3, -0.25) is 9.80 Å². The van der Waals surface area contributed by atoms with Crippen molar-refractivity contribution in [3.63, 3.8) is 0 Å². The van der Waals surface area contributed by atoms with Crippen molar-refractivity contribution in [3.05, 3.63) is 58.1 Å². The largest absolute Gasteiger partial charge is 0.497 e. The summed E-state index contributed by atoms with van der Waals surface area (Å²) >= 11 is 0. The third-order valence-corrected chi connectivity index (χ3v) is 9.05. The predicted octanol–water partition coefficient (Wildman–Crippen LogP) is 5.33. The standard InChI is InChI=1S/C30H40FN3O4/c1-7-34-29(36)33-17-21-15-22(37-5)16-25(38-6)27(21)20(4)14-26(33)30(34)8-10-32(11-9-30)28(35)23-12-19(3)24(31)13-18(23)2/h12,14-16,18,20,28,35H,7-11,13,17H2,1-6H3. The molecule has 5 rings (SSSR count). The van der Waals surface area contributed by atoms with Crippen LogP contribution in [-0.2, 0) is 6.54 Å². The number of hydrogen-bond acceptors (Lipinski definition) is 5. The van der Waals surface area contributed by atoms with Crippen LogP contribution in [0, 0.1) is 5.92 Å². The number of halogens is 1. The Labute approximate surface area is 225 Å². The van der Waals surface area contributed by atoms with Gasteiger partial charge in [0.15, 0.2) is 0 Å². The third kappa shape index (κ3) is 4.13. The number of rotatable bonds is 5. The molecule has 1 N–H and O–H groups in total. The van der Waals surface area contributed by atoms with E-state index in [1.165, 1.54) is 0 Å². The number of carbonyl (C=O) groups is 1. The number of benzene rings is 1. The Balaban J connectivity index is 1.46. The van der Waals surface area contributed by atoms with Gasteiger partial charge in [0, 0.05) is 49.3 Å². The van der Waals surface area contributed by atoms with Gasteiger partial charge in [0.2, 0.25) is 0 Å². The zero-order valence-electron chi connectivity index (χ0n) is 23.4. The van der Waals surface area contributed by atoms with Crippen molar-refractivity contribution in [2.45, 2.75) is 71.2 Å². The SMILES string of the molecule is CCN1C(=O)N2Cc3cc(OC)cc(OC)c3C(C)C=C2C12CCN(C(O)C1=CC(C)=C(F)CC1C)CC2. The molecule has 0 aromatic heterocycles. The summed E-state index contributed by atoms with van der Waals surface area (Å²) in [6.45, 7) is 10.3. The molecule has 0 bridgehead atoms. The molecule has 1 aromatic rings. The van der Waals surface area contributed by atoms with Gasteiger partial charge in [0.25, 0.3) is 0 Å². The monoisotopic (exact) mass is 525 g/mol. The van der Waals surface area contributed by atoms with E-state index in [4.69, 9.17) is 9.47 Å². The number of aliphatic hydroxyl groups is 1. The summed E-state index contributed by atoms with van der Waals surface area (Å²) in [6, 6.07) is 3.94. The summed E-state index contributed by atoms with van der Waals surface area (Å²) < 4.78 is 25.4. The Bertz CT molecular complexity index is 1210. The van der Waals surface area contributed by atoms with Gasteiger partial charge in [-0.2, -0.15) is 0 Å². The normalized spacial score (nSPS) is 26.1. The van der Waals surface area contributed by atoms with E-state index in [1.807, 2.05) is 41.9 Å². The van der Waals surface area contributed by atoms with Crippen LogP contribution in [0.25, 0.3) is 0 Å². The highest BCUT2D eigenvalue weighted by Gasteiger charge is 2.55. The molecule has 2 fully saturated rings. The number of carbonyl (C=O) groups excluding carboxylic acids is 1. The molecule has 4 aliphatic rings. The summed E-state index contributed by atoms with van der Waals surface area (Å²) in [4.78, 5) is 19.9. The second kappa shape index (κ2) is 10.0. The lowest BCUT2D eigenvalue weighted by Crippen LogP contribution is -2.56. The summed E-state index contributed by atoms with van der Waals surface area (Å²) in [5.41, 5.74) is 4.21. The first kappa shape index (κ1) is 26.8. The van der Waals surface area contributed by atoms with Gasteiger partial charge in [-0.25, -0.2) is 9.18 Å². The fraction of sp³-hybridized carbons (Fsp3) is 0.567. The van der Waals surface area contributed by atoms with E-state index in [-0.39, 0.29) is 23.7 Å². The average Bonchev–Trinajstić information content (AvgIpc) is 3.01. The Hall–Kier alpha value is -2.84. The van der Waals surface area contributed by atoms with E-state index in [1.54, 1.807) is 21.1 Å². The van der Waals surface area contributed by atoms with Crippen LogP contribution in [0.15, 0.2) is 47.0 Å². The fourth-order valence-electron chi connectivity index (χ4n) is 6.96. The molecule has 0 saturated carbocycles. The average molecular weight is 526 g/mol. The number of amides is 2. The van der Waals surface area contributed by atoms with E-state index < -0.39 is 11.8 Å². The number of likely N-dealkylation sites (N-methyl/N-ethyl adjacent to an activating group) is 1. The van der Waals surface area contributed by atoms with E-state index >= 15 is 0 Å². The van der Waals surface area contributed by atoms with Crippen molar-refractivity contribution >= 4 is 6.03 Å². The summed E-state index contributed by atoms with van der Waals surface area (Å²) in [6.07, 6.45) is 5.08. The first-order chi connectivity index (χ1) is 18.1. The van der Waals surface area contributed by atoms with Gasteiger partial charge in [-0.05, 0) is 55.4 Å². The van der Waals surface area contributed by atoms with E-state index in [9.17, 15) is 14.3 Å². The van der Waals surface area contributed by atoms with Crippen LogP contribution in [0.5, 0.6) is 11.5 Å². The minimum absolute atomic E-state index is 0.0226. The van der Waals surface area contributed by atoms with Crippen molar-refractivity contribution in [1.82, 2.24) is 14.7 Å². The number of piperidine rings is 1. The Morgan fingerprint density at radius 1 is 1.18 bits per heavy atom. The van der Waals surface area contributed by atoms with Crippen molar-refractivity contribution in [2.24, 2.45) is 5.92 Å². The maximum atomic E-state index is 14.1. The van der Waals surface area contributed by atoms with Crippen LogP contribution >= 0.6 is 0 Å². The van der Waals surface area contributed by atoms with E-state index in [2.05, 4.69) is 17.9 Å². The molecule has 206 valence electrons. The van der Waals surface area contributed by atoms with Gasteiger partial charge in [-0.1, -0.05) is 26.0 Å². The number of hydrogen-bond donors (Lipinski definition) is 1. The highest BCUT2D eigenvalue weighted by Crippen LogP contribution is 2.49. The smallest absolute Gasteiger partial charge is 0.325 e. The summed E-state index contributed by atoms with van der Waals surface area (Å²) in [7, 11) is 3.31. The molecule has 0 radical (unpaired) electrons. The lowest BCUT2D eigenvalue weighted by Gasteiger charge is -2.46. The lowest BCUT2D eigenvalue weighted by molar-refractivity contribution is -0.0142. The molecule has 38 heavy (non-hydrogen) atoms. The number of urea groups is 1. The Morgan fingerprint density at radius 2 is 1.89 bits per heavy atom. The van der Waals surface area contributed by atoms with Crippen LogP contribution in [0.3, 0.4) is 0 Å². The predicted molar refractivity (Wildman–Crippen MR) is 145 cm³/mol. The highest BCUT2D eigenvalue weighted by atomic mass is 19.1. The molecule has 1 aliphatic carbocycles. The second-order valence-corrected chi connectivity index (χ2v) is 11.1. The number of aliphatic hydroxyl groups excluding tert-OH is 1. The van der Waals surface area contributed by atoms with Crippen LogP contribution in [-0.4, -0.2) is 71.5 Å². The van der Waals surface area contributed by atoms with Crippen LogP contribution < -0.4 is 9.47 Å². The molecule has 3 heterocycles. The van der Waals surface area contributed by atoms with Crippen LogP contribution in [0.2, 0.25) is 0 Å². The number of nitrogens with zero attached hydrogens (tertiary/aromatic N) is 3. The first-order valence-electron chi connectivity index (χ1n) is 13.7. The molecule has 3 aliphatic heterocycles. The maximum Gasteiger partial charge on any atom is 0.325 e. The van der Waals surface area contributed by atoms with E-state index in [0.717, 1.165) is 41.0 Å². The summed E-state index contributed by atoms with van der Waals surface area (Å²) in [5, 5.41) is 11.3. The van der Waals surface area contributed by atoms with Gasteiger partial charge < -0.3 is 19.5 Å². The van der Waals surface area contributed by atoms with Gasteiger partial charge in [-0.15, -0.1) is 0 Å². The van der Waals surface area contributed by atoms with Gasteiger partial charge in [0.05, 0.1) is 26.3 Å². The van der Waals surface area contributed by atoms with Crippen molar-refractivity contribution in [1.29, 1.82) is 0 Å². The molecule has 3 unspecified atom stereocenters. The zero-order chi connectivity index (χ0) is 27.4. The van der Waals surface area contributed by atoms with Gasteiger partial charge >= 0.3 is 6.03 Å². The molecule has 1 spiro atoms. The number of likely N-dealkylation sites (tertiary alicyclic amines) is 1. The van der Waals surface area contributed by atoms with Crippen molar-refractivity contribution in [3.8, 4) is 11.5 Å². The zero-order valence-corrected chi connectivity index (χ0v) is 23.4. The first-order valence-corrected chi connectivity index (χ1v) is 13.7. The minimum Gasteiger partial charge on any atom is -0.497 e. The highest BCUT2D eigenvalue weighted by molar-refractivity contribution is 5.83. The minimum atomic E-state index is -0.753. The van der Waals surface area contributed by atoms with Crippen molar-refractivity contribution in [2.75, 3.05) is 33.9 Å². The maximum absolute atomic E-state index is 14.1. The van der Waals surface area contributed by atoms with Gasteiger partial charge in [0.1, 0.15) is 23.6 Å². The molecule has 2 amide bonds. The molecular weight excluding hydrogens is 485 g/mol. The Morgan fingerprint density at radius 3 is 2.53 bits per heavy atom. The van der Waals surface area contributed by atoms with Crippen LogP contribution in [0.1, 0.15) is 64.0 Å². The number of ether oxygens (including phenoxy) is 2. The quantitative estimate of drug-likeness (QED) is 0.563. The molecular formula is C30H40FN3O4. The topological polar surface area (TPSA) is 65.5 Å². The fourth-order valence-corrected chi connectivity index (χ4v) is 6.96. The third-order valence-electron chi connectivity index (χ3n) is 9.05. The van der Waals surface area contributed by atoms with E-state index in [0.29, 0.717) is 43.9 Å².